The number of unbranched alkanes of at least 4 members (excludes halogenated alkanes) is 3. The van der Waals surface area contributed by atoms with Gasteiger partial charge < -0.3 is 10.2 Å². The fourth-order valence-electron chi connectivity index (χ4n) is 3.68. The Morgan fingerprint density at radius 1 is 1.15 bits per heavy atom. The van der Waals surface area contributed by atoms with Gasteiger partial charge in [-0.2, -0.15) is 8.78 Å². The van der Waals surface area contributed by atoms with Gasteiger partial charge in [0.25, 0.3) is 0 Å². The second kappa shape index (κ2) is 11.3. The van der Waals surface area contributed by atoms with Crippen LogP contribution in [0, 0.1) is 11.8 Å². The van der Waals surface area contributed by atoms with Crippen molar-refractivity contribution in [2.75, 3.05) is 0 Å². The third-order valence-corrected chi connectivity index (χ3v) is 5.27. The van der Waals surface area contributed by atoms with E-state index >= 15 is 0 Å². The van der Waals surface area contributed by atoms with Gasteiger partial charge in [0.1, 0.15) is 5.78 Å². The molecule has 1 rings (SSSR count). The van der Waals surface area contributed by atoms with Gasteiger partial charge in [-0.15, -0.1) is 6.58 Å². The number of aliphatic hydroxyl groups is 1. The summed E-state index contributed by atoms with van der Waals surface area (Å²) in [5.41, 5.74) is 0. The number of alkyl halides is 2. The topological polar surface area (TPSA) is 91.7 Å². The second-order valence-corrected chi connectivity index (χ2v) is 7.35. The largest absolute Gasteiger partial charge is 0.481 e. The van der Waals surface area contributed by atoms with E-state index < -0.39 is 42.0 Å². The molecule has 0 aromatic rings. The summed E-state index contributed by atoms with van der Waals surface area (Å²) in [7, 11) is 0. The van der Waals surface area contributed by atoms with Crippen LogP contribution in [0.1, 0.15) is 70.6 Å². The average Bonchev–Trinajstić information content (AvgIpc) is 2.86. The van der Waals surface area contributed by atoms with Crippen molar-refractivity contribution >= 4 is 17.5 Å². The SMILES string of the molecule is C=CCCC(F)(F)C(=O)CCC1[C@H](O)CC(=O)[C@@H]1CCCCCCC(=O)O. The Morgan fingerprint density at radius 3 is 2.44 bits per heavy atom. The van der Waals surface area contributed by atoms with Crippen molar-refractivity contribution in [3.8, 4) is 0 Å². The zero-order chi connectivity index (χ0) is 20.4. The predicted octanol–water partition coefficient (Wildman–Crippen LogP) is 3.93. The zero-order valence-electron chi connectivity index (χ0n) is 15.7. The van der Waals surface area contributed by atoms with E-state index in [-0.39, 0.29) is 37.9 Å². The number of carboxylic acid groups (broad SMARTS) is 1. The van der Waals surface area contributed by atoms with Gasteiger partial charge in [-0.25, -0.2) is 0 Å². The smallest absolute Gasteiger partial charge is 0.305 e. The molecular formula is C20H30F2O5. The molecule has 1 unspecified atom stereocenters. The highest BCUT2D eigenvalue weighted by Gasteiger charge is 2.43. The van der Waals surface area contributed by atoms with E-state index in [1.165, 1.54) is 6.08 Å². The van der Waals surface area contributed by atoms with E-state index in [4.69, 9.17) is 5.11 Å². The van der Waals surface area contributed by atoms with Gasteiger partial charge in [-0.1, -0.05) is 25.3 Å². The Hall–Kier alpha value is -1.63. The molecule has 1 fully saturated rings. The second-order valence-electron chi connectivity index (χ2n) is 7.35. The fourth-order valence-corrected chi connectivity index (χ4v) is 3.68. The minimum atomic E-state index is -3.40. The maximum atomic E-state index is 13.8. The Morgan fingerprint density at radius 2 is 1.81 bits per heavy atom. The number of carbonyl (C=O) groups is 3. The zero-order valence-corrected chi connectivity index (χ0v) is 15.7. The van der Waals surface area contributed by atoms with Crippen LogP contribution in [0.25, 0.3) is 0 Å². The Bertz CT molecular complexity index is 532. The van der Waals surface area contributed by atoms with Crippen molar-refractivity contribution in [3.63, 3.8) is 0 Å². The first kappa shape index (κ1) is 23.4. The van der Waals surface area contributed by atoms with Crippen LogP contribution in [0.3, 0.4) is 0 Å². The van der Waals surface area contributed by atoms with Crippen molar-refractivity contribution in [3.05, 3.63) is 12.7 Å². The average molecular weight is 388 g/mol. The van der Waals surface area contributed by atoms with Gasteiger partial charge in [-0.05, 0) is 31.6 Å². The molecule has 2 N–H and O–H groups in total. The molecule has 1 aliphatic carbocycles. The van der Waals surface area contributed by atoms with Gasteiger partial charge in [0.15, 0.2) is 0 Å². The molecule has 154 valence electrons. The van der Waals surface area contributed by atoms with E-state index in [1.54, 1.807) is 0 Å². The normalized spacial score (nSPS) is 22.8. The van der Waals surface area contributed by atoms with E-state index in [0.29, 0.717) is 19.3 Å². The van der Waals surface area contributed by atoms with Crippen LogP contribution in [-0.2, 0) is 14.4 Å². The lowest BCUT2D eigenvalue weighted by Crippen LogP contribution is -2.30. The lowest BCUT2D eigenvalue weighted by atomic mass is 9.85. The van der Waals surface area contributed by atoms with Crippen LogP contribution in [0.4, 0.5) is 8.78 Å². The quantitative estimate of drug-likeness (QED) is 0.347. The fraction of sp³-hybridized carbons (Fsp3) is 0.750. The van der Waals surface area contributed by atoms with Crippen LogP contribution in [0.5, 0.6) is 0 Å². The van der Waals surface area contributed by atoms with E-state index in [9.17, 15) is 28.3 Å². The number of Topliss-reactive ketones (excluding diaryl/α,β-unsaturated/α-hetero) is 2. The summed E-state index contributed by atoms with van der Waals surface area (Å²) in [6.07, 6.45) is 3.14. The molecule has 0 aromatic carbocycles. The third kappa shape index (κ3) is 7.87. The highest BCUT2D eigenvalue weighted by atomic mass is 19.3. The van der Waals surface area contributed by atoms with Crippen LogP contribution >= 0.6 is 0 Å². The first-order valence-electron chi connectivity index (χ1n) is 9.63. The third-order valence-electron chi connectivity index (χ3n) is 5.27. The summed E-state index contributed by atoms with van der Waals surface area (Å²) in [4.78, 5) is 34.4. The van der Waals surface area contributed by atoms with E-state index in [0.717, 1.165) is 12.8 Å². The summed E-state index contributed by atoms with van der Waals surface area (Å²) in [5.74, 6) is -6.34. The van der Waals surface area contributed by atoms with E-state index in [2.05, 4.69) is 6.58 Å². The Kier molecular flexibility index (Phi) is 9.77. The van der Waals surface area contributed by atoms with Gasteiger partial charge in [-0.3, -0.25) is 14.4 Å². The molecule has 0 aliphatic heterocycles. The minimum Gasteiger partial charge on any atom is -0.481 e. The predicted molar refractivity (Wildman–Crippen MR) is 96.6 cm³/mol. The number of aliphatic carboxylic acids is 1. The molecule has 0 aromatic heterocycles. The van der Waals surface area contributed by atoms with Crippen molar-refractivity contribution in [2.24, 2.45) is 11.8 Å². The standard InChI is InChI=1S/C20H30F2O5/c1-2-3-12-20(21,22)18(25)11-10-15-14(16(23)13-17(15)24)8-6-4-5-7-9-19(26)27/h2,14-15,17,24H,1,3-13H2,(H,26,27)/t14-,15?,17-/m1/s1. The van der Waals surface area contributed by atoms with Crippen molar-refractivity contribution < 1.29 is 33.4 Å². The van der Waals surface area contributed by atoms with Gasteiger partial charge in [0.05, 0.1) is 6.10 Å². The molecular weight excluding hydrogens is 358 g/mol. The maximum Gasteiger partial charge on any atom is 0.305 e. The number of aliphatic hydroxyl groups excluding tert-OH is 1. The number of rotatable bonds is 14. The van der Waals surface area contributed by atoms with Crippen LogP contribution in [0.2, 0.25) is 0 Å². The summed E-state index contributed by atoms with van der Waals surface area (Å²) in [6, 6.07) is 0. The van der Waals surface area contributed by atoms with Crippen molar-refractivity contribution in [1.82, 2.24) is 0 Å². The molecule has 3 atom stereocenters. The Labute approximate surface area is 158 Å². The molecule has 0 saturated heterocycles. The molecule has 27 heavy (non-hydrogen) atoms. The van der Waals surface area contributed by atoms with Crippen LogP contribution in [0.15, 0.2) is 12.7 Å². The van der Waals surface area contributed by atoms with Crippen LogP contribution in [-0.4, -0.2) is 39.8 Å². The molecule has 5 nitrogen and oxygen atoms in total. The lowest BCUT2D eigenvalue weighted by molar-refractivity contribution is -0.144. The van der Waals surface area contributed by atoms with E-state index in [1.807, 2.05) is 0 Å². The molecule has 0 spiro atoms. The van der Waals surface area contributed by atoms with Crippen molar-refractivity contribution in [1.29, 1.82) is 0 Å². The number of hydrogen-bond donors (Lipinski definition) is 2. The number of carboxylic acids is 1. The highest BCUT2D eigenvalue weighted by Crippen LogP contribution is 2.37. The number of halogens is 2. The molecule has 1 saturated carbocycles. The van der Waals surface area contributed by atoms with Gasteiger partial charge in [0.2, 0.25) is 5.78 Å². The summed E-state index contributed by atoms with van der Waals surface area (Å²) in [5, 5.41) is 18.7. The maximum absolute atomic E-state index is 13.8. The number of ketones is 2. The molecule has 0 radical (unpaired) electrons. The Balaban J connectivity index is 2.46. The minimum absolute atomic E-state index is 0.00932. The first-order valence-corrected chi connectivity index (χ1v) is 9.63. The number of hydrogen-bond acceptors (Lipinski definition) is 4. The number of allylic oxidation sites excluding steroid dienone is 1. The molecule has 0 amide bonds. The highest BCUT2D eigenvalue weighted by molar-refractivity contribution is 5.86. The van der Waals surface area contributed by atoms with Gasteiger partial charge in [0, 0.05) is 31.6 Å². The molecule has 1 aliphatic rings. The van der Waals surface area contributed by atoms with Crippen molar-refractivity contribution in [2.45, 2.75) is 82.7 Å². The first-order chi connectivity index (χ1) is 12.7. The number of carbonyl (C=O) groups excluding carboxylic acids is 2. The molecule has 7 heteroatoms. The summed E-state index contributed by atoms with van der Waals surface area (Å²) in [6.45, 7) is 3.37. The van der Waals surface area contributed by atoms with Crippen LogP contribution < -0.4 is 0 Å². The molecule has 0 heterocycles. The summed E-state index contributed by atoms with van der Waals surface area (Å²) < 4.78 is 27.5. The summed E-state index contributed by atoms with van der Waals surface area (Å²) >= 11 is 0. The van der Waals surface area contributed by atoms with Gasteiger partial charge >= 0.3 is 11.9 Å². The lowest BCUT2D eigenvalue weighted by Gasteiger charge is -2.22. The monoisotopic (exact) mass is 388 g/mol. The molecule has 0 bridgehead atoms.